The summed E-state index contributed by atoms with van der Waals surface area (Å²) in [5.41, 5.74) is 2.30. The summed E-state index contributed by atoms with van der Waals surface area (Å²) in [6.45, 7) is 5.16. The van der Waals surface area contributed by atoms with Gasteiger partial charge in [-0.3, -0.25) is 0 Å². The Morgan fingerprint density at radius 1 is 0.905 bits per heavy atom. The van der Waals surface area contributed by atoms with E-state index in [1.165, 1.54) is 5.56 Å². The van der Waals surface area contributed by atoms with Crippen molar-refractivity contribution in [3.8, 4) is 0 Å². The zero-order chi connectivity index (χ0) is 15.1. The molecule has 0 spiro atoms. The van der Waals surface area contributed by atoms with Crippen LogP contribution in [0, 0.1) is 5.92 Å². The first-order chi connectivity index (χ1) is 10.2. The minimum atomic E-state index is -0.470. The molecule has 0 fully saturated rings. The average molecular weight is 283 g/mol. The summed E-state index contributed by atoms with van der Waals surface area (Å²) in [5.74, 6) is 0.371. The summed E-state index contributed by atoms with van der Waals surface area (Å²) in [6.07, 6.45) is 0.507. The quantitative estimate of drug-likeness (QED) is 0.814. The first kappa shape index (κ1) is 15.7. The molecule has 112 valence electrons. The molecule has 2 aromatic rings. The van der Waals surface area contributed by atoms with Gasteiger partial charge in [0.15, 0.2) is 0 Å². The molecular formula is C19H25NO. The van der Waals surface area contributed by atoms with E-state index in [0.717, 1.165) is 18.5 Å². The smallest absolute Gasteiger partial charge is 0.0945 e. The number of hydrogen-bond acceptors (Lipinski definition) is 2. The van der Waals surface area contributed by atoms with Crippen LogP contribution in [0.25, 0.3) is 0 Å². The van der Waals surface area contributed by atoms with Gasteiger partial charge in [-0.15, -0.1) is 0 Å². The summed E-state index contributed by atoms with van der Waals surface area (Å²) >= 11 is 0. The SMILES string of the molecule is CC(C)C(NCCc1ccccc1)C(O)c1ccccc1. The highest BCUT2D eigenvalue weighted by molar-refractivity contribution is 5.19. The van der Waals surface area contributed by atoms with Crippen molar-refractivity contribution in [3.63, 3.8) is 0 Å². The van der Waals surface area contributed by atoms with Crippen LogP contribution in [0.2, 0.25) is 0 Å². The lowest BCUT2D eigenvalue weighted by Crippen LogP contribution is -2.40. The van der Waals surface area contributed by atoms with Crippen LogP contribution in [-0.2, 0) is 6.42 Å². The standard InChI is InChI=1S/C19H25NO/c1-15(2)18(19(21)17-11-7-4-8-12-17)20-14-13-16-9-5-3-6-10-16/h3-12,15,18-21H,13-14H2,1-2H3. The van der Waals surface area contributed by atoms with E-state index in [4.69, 9.17) is 0 Å². The lowest BCUT2D eigenvalue weighted by atomic mass is 9.93. The van der Waals surface area contributed by atoms with E-state index >= 15 is 0 Å². The van der Waals surface area contributed by atoms with Gasteiger partial charge < -0.3 is 10.4 Å². The first-order valence-electron chi connectivity index (χ1n) is 7.69. The van der Waals surface area contributed by atoms with Gasteiger partial charge in [0, 0.05) is 6.04 Å². The van der Waals surface area contributed by atoms with Crippen molar-refractivity contribution in [2.75, 3.05) is 6.54 Å². The van der Waals surface area contributed by atoms with Gasteiger partial charge in [-0.2, -0.15) is 0 Å². The highest BCUT2D eigenvalue weighted by Gasteiger charge is 2.23. The van der Waals surface area contributed by atoms with Gasteiger partial charge in [-0.1, -0.05) is 74.5 Å². The molecule has 0 radical (unpaired) electrons. The van der Waals surface area contributed by atoms with E-state index in [-0.39, 0.29) is 6.04 Å². The second-order valence-corrected chi connectivity index (χ2v) is 5.82. The van der Waals surface area contributed by atoms with Crippen LogP contribution in [0.5, 0.6) is 0 Å². The molecule has 2 rings (SSSR count). The summed E-state index contributed by atoms with van der Waals surface area (Å²) in [7, 11) is 0. The second kappa shape index (κ2) is 7.96. The molecule has 2 N–H and O–H groups in total. The molecule has 0 bridgehead atoms. The number of hydrogen-bond donors (Lipinski definition) is 2. The van der Waals surface area contributed by atoms with Gasteiger partial charge in [0.05, 0.1) is 6.10 Å². The zero-order valence-electron chi connectivity index (χ0n) is 12.9. The predicted octanol–water partition coefficient (Wildman–Crippen LogP) is 3.58. The topological polar surface area (TPSA) is 32.3 Å². The van der Waals surface area contributed by atoms with Crippen LogP contribution in [0.3, 0.4) is 0 Å². The highest BCUT2D eigenvalue weighted by Crippen LogP contribution is 2.21. The summed E-state index contributed by atoms with van der Waals surface area (Å²) in [5, 5.41) is 14.1. The molecule has 0 heterocycles. The van der Waals surface area contributed by atoms with Crippen LogP contribution in [0.15, 0.2) is 60.7 Å². The van der Waals surface area contributed by atoms with Crippen LogP contribution in [0.4, 0.5) is 0 Å². The lowest BCUT2D eigenvalue weighted by molar-refractivity contribution is 0.105. The molecule has 2 aromatic carbocycles. The number of benzene rings is 2. The van der Waals surface area contributed by atoms with Gasteiger partial charge in [0.2, 0.25) is 0 Å². The van der Waals surface area contributed by atoms with Gasteiger partial charge in [-0.05, 0) is 30.0 Å². The molecule has 0 aliphatic heterocycles. The largest absolute Gasteiger partial charge is 0.387 e. The number of aliphatic hydroxyl groups is 1. The third-order valence-corrected chi connectivity index (χ3v) is 3.84. The molecule has 0 saturated carbocycles. The highest BCUT2D eigenvalue weighted by atomic mass is 16.3. The van der Waals surface area contributed by atoms with Crippen molar-refractivity contribution in [1.29, 1.82) is 0 Å². The van der Waals surface area contributed by atoms with Crippen molar-refractivity contribution in [3.05, 3.63) is 71.8 Å². The van der Waals surface area contributed by atoms with E-state index in [1.54, 1.807) is 0 Å². The van der Waals surface area contributed by atoms with Crippen LogP contribution >= 0.6 is 0 Å². The fourth-order valence-electron chi connectivity index (χ4n) is 2.60. The molecule has 2 nitrogen and oxygen atoms in total. The third-order valence-electron chi connectivity index (χ3n) is 3.84. The summed E-state index contributed by atoms with van der Waals surface area (Å²) in [6, 6.07) is 20.4. The Morgan fingerprint density at radius 2 is 1.48 bits per heavy atom. The monoisotopic (exact) mass is 283 g/mol. The molecule has 0 aliphatic carbocycles. The maximum atomic E-state index is 10.6. The van der Waals surface area contributed by atoms with E-state index in [0.29, 0.717) is 5.92 Å². The van der Waals surface area contributed by atoms with Crippen LogP contribution < -0.4 is 5.32 Å². The third kappa shape index (κ3) is 4.69. The van der Waals surface area contributed by atoms with E-state index in [9.17, 15) is 5.11 Å². The van der Waals surface area contributed by atoms with Gasteiger partial charge in [-0.25, -0.2) is 0 Å². The molecule has 0 aromatic heterocycles. The Bertz CT molecular complexity index is 510. The molecule has 21 heavy (non-hydrogen) atoms. The van der Waals surface area contributed by atoms with Crippen LogP contribution in [0.1, 0.15) is 31.1 Å². The Kier molecular flexibility index (Phi) is 5.97. The van der Waals surface area contributed by atoms with Gasteiger partial charge in [0.1, 0.15) is 0 Å². The Hall–Kier alpha value is -1.64. The minimum Gasteiger partial charge on any atom is -0.387 e. The van der Waals surface area contributed by atoms with Crippen molar-refractivity contribution in [2.24, 2.45) is 5.92 Å². The van der Waals surface area contributed by atoms with Crippen molar-refractivity contribution >= 4 is 0 Å². The van der Waals surface area contributed by atoms with Crippen molar-refractivity contribution in [2.45, 2.75) is 32.4 Å². The average Bonchev–Trinajstić information content (AvgIpc) is 2.52. The molecule has 2 unspecified atom stereocenters. The lowest BCUT2D eigenvalue weighted by Gasteiger charge is -2.28. The van der Waals surface area contributed by atoms with Gasteiger partial charge in [0.25, 0.3) is 0 Å². The summed E-state index contributed by atoms with van der Waals surface area (Å²) in [4.78, 5) is 0. The molecule has 0 saturated heterocycles. The van der Waals surface area contributed by atoms with E-state index in [2.05, 4.69) is 43.4 Å². The molecular weight excluding hydrogens is 258 g/mol. The van der Waals surface area contributed by atoms with E-state index < -0.39 is 6.10 Å². The summed E-state index contributed by atoms with van der Waals surface area (Å²) < 4.78 is 0. The minimum absolute atomic E-state index is 0.0658. The normalized spacial score (nSPS) is 14.1. The molecule has 2 atom stereocenters. The van der Waals surface area contributed by atoms with E-state index in [1.807, 2.05) is 36.4 Å². The number of aliphatic hydroxyl groups excluding tert-OH is 1. The number of nitrogens with one attached hydrogen (secondary N) is 1. The Morgan fingerprint density at radius 3 is 2.05 bits per heavy atom. The Balaban J connectivity index is 1.93. The van der Waals surface area contributed by atoms with Gasteiger partial charge >= 0.3 is 0 Å². The number of rotatable bonds is 7. The Labute approximate surface area is 127 Å². The maximum Gasteiger partial charge on any atom is 0.0945 e. The second-order valence-electron chi connectivity index (χ2n) is 5.82. The van der Waals surface area contributed by atoms with Crippen LogP contribution in [-0.4, -0.2) is 17.7 Å². The van der Waals surface area contributed by atoms with Crippen molar-refractivity contribution in [1.82, 2.24) is 5.32 Å². The van der Waals surface area contributed by atoms with Crippen molar-refractivity contribution < 1.29 is 5.11 Å². The molecule has 0 amide bonds. The molecule has 0 aliphatic rings. The zero-order valence-corrected chi connectivity index (χ0v) is 12.9. The molecule has 2 heteroatoms. The fraction of sp³-hybridized carbons (Fsp3) is 0.368. The fourth-order valence-corrected chi connectivity index (χ4v) is 2.60. The maximum absolute atomic E-state index is 10.6. The predicted molar refractivity (Wildman–Crippen MR) is 88.2 cm³/mol. The first-order valence-corrected chi connectivity index (χ1v) is 7.69.